The van der Waals surface area contributed by atoms with Gasteiger partial charge in [-0.05, 0) is 43.1 Å². The van der Waals surface area contributed by atoms with Gasteiger partial charge in [-0.15, -0.1) is 0 Å². The summed E-state index contributed by atoms with van der Waals surface area (Å²) in [6, 6.07) is 9.97. The summed E-state index contributed by atoms with van der Waals surface area (Å²) in [6.07, 6.45) is 3.40. The zero-order valence-corrected chi connectivity index (χ0v) is 14.9. The van der Waals surface area contributed by atoms with Gasteiger partial charge in [0.1, 0.15) is 0 Å². The Morgan fingerprint density at radius 2 is 1.79 bits per heavy atom. The quantitative estimate of drug-likeness (QED) is 0.455. The third-order valence-corrected chi connectivity index (χ3v) is 4.27. The van der Waals surface area contributed by atoms with Gasteiger partial charge in [-0.2, -0.15) is 0 Å². The first kappa shape index (κ1) is 20.2. The van der Waals surface area contributed by atoms with E-state index in [2.05, 4.69) is 19.2 Å². The number of carbonyl (C=O) groups excluding carboxylic acids is 2. The van der Waals surface area contributed by atoms with Crippen molar-refractivity contribution in [3.05, 3.63) is 35.9 Å². The number of carbonyl (C=O) groups is 2. The maximum atomic E-state index is 12.2. The molecule has 0 saturated carbocycles. The molecule has 0 aliphatic rings. The molecule has 2 amide bonds. The van der Waals surface area contributed by atoms with Crippen molar-refractivity contribution < 1.29 is 14.8 Å². The molecular weight excluding hydrogens is 304 g/mol. The van der Waals surface area contributed by atoms with Crippen LogP contribution in [-0.4, -0.2) is 24.1 Å². The van der Waals surface area contributed by atoms with Crippen LogP contribution in [0.2, 0.25) is 0 Å². The summed E-state index contributed by atoms with van der Waals surface area (Å²) in [4.78, 5) is 23.7. The van der Waals surface area contributed by atoms with Crippen LogP contribution < -0.4 is 10.8 Å². The summed E-state index contributed by atoms with van der Waals surface area (Å²) in [5.74, 6) is 0.201. The highest BCUT2D eigenvalue weighted by molar-refractivity contribution is 5.78. The third kappa shape index (κ3) is 7.59. The maximum absolute atomic E-state index is 12.2. The van der Waals surface area contributed by atoms with E-state index in [9.17, 15) is 9.59 Å². The van der Waals surface area contributed by atoms with Crippen LogP contribution in [0.1, 0.15) is 45.1 Å². The Hall–Kier alpha value is -1.88. The molecule has 0 spiro atoms. The number of hydroxylamine groups is 1. The molecule has 1 aromatic rings. The molecule has 0 aliphatic heterocycles. The molecule has 0 bridgehead atoms. The molecule has 1 aromatic carbocycles. The smallest absolute Gasteiger partial charge is 0.243 e. The lowest BCUT2D eigenvalue weighted by atomic mass is 9.85. The summed E-state index contributed by atoms with van der Waals surface area (Å²) < 4.78 is 0. The van der Waals surface area contributed by atoms with E-state index in [-0.39, 0.29) is 23.7 Å². The van der Waals surface area contributed by atoms with Gasteiger partial charge in [0.15, 0.2) is 0 Å². The fourth-order valence-electron chi connectivity index (χ4n) is 3.14. The molecule has 0 heterocycles. The molecule has 0 saturated heterocycles. The van der Waals surface area contributed by atoms with Crippen molar-refractivity contribution in [3.63, 3.8) is 0 Å². The first-order chi connectivity index (χ1) is 11.5. The second-order valence-electron chi connectivity index (χ2n) is 6.81. The minimum Gasteiger partial charge on any atom is -0.359 e. The van der Waals surface area contributed by atoms with Crippen LogP contribution >= 0.6 is 0 Å². The third-order valence-electron chi connectivity index (χ3n) is 4.27. The Morgan fingerprint density at radius 1 is 1.12 bits per heavy atom. The highest BCUT2D eigenvalue weighted by atomic mass is 16.5. The van der Waals surface area contributed by atoms with Crippen molar-refractivity contribution in [2.45, 2.75) is 46.0 Å². The Labute approximate surface area is 144 Å². The molecule has 1 rings (SSSR count). The van der Waals surface area contributed by atoms with Crippen LogP contribution in [0.25, 0.3) is 0 Å². The highest BCUT2D eigenvalue weighted by Gasteiger charge is 2.22. The predicted octanol–water partition coefficient (Wildman–Crippen LogP) is 2.93. The van der Waals surface area contributed by atoms with Gasteiger partial charge in [0.2, 0.25) is 11.8 Å². The largest absolute Gasteiger partial charge is 0.359 e. The Morgan fingerprint density at radius 3 is 2.33 bits per heavy atom. The molecule has 0 aliphatic carbocycles. The summed E-state index contributed by atoms with van der Waals surface area (Å²) in [6.45, 7) is 4.23. The van der Waals surface area contributed by atoms with Gasteiger partial charge in [0.25, 0.3) is 0 Å². The van der Waals surface area contributed by atoms with E-state index >= 15 is 0 Å². The minimum absolute atomic E-state index is 0.0359. The first-order valence-corrected chi connectivity index (χ1v) is 8.64. The van der Waals surface area contributed by atoms with Crippen LogP contribution in [0, 0.1) is 17.8 Å². The summed E-state index contributed by atoms with van der Waals surface area (Å²) in [7, 11) is 1.66. The van der Waals surface area contributed by atoms with Crippen molar-refractivity contribution in [1.29, 1.82) is 0 Å². The zero-order chi connectivity index (χ0) is 17.9. The molecule has 0 fully saturated rings. The van der Waals surface area contributed by atoms with Crippen LogP contribution in [0.15, 0.2) is 30.3 Å². The van der Waals surface area contributed by atoms with Crippen molar-refractivity contribution in [3.8, 4) is 0 Å². The van der Waals surface area contributed by atoms with E-state index in [1.54, 1.807) is 12.5 Å². The minimum atomic E-state index is -0.361. The van der Waals surface area contributed by atoms with Gasteiger partial charge in [0.05, 0.1) is 0 Å². The molecule has 134 valence electrons. The zero-order valence-electron chi connectivity index (χ0n) is 14.9. The monoisotopic (exact) mass is 334 g/mol. The van der Waals surface area contributed by atoms with Crippen LogP contribution in [0.5, 0.6) is 0 Å². The topological polar surface area (TPSA) is 78.4 Å². The molecule has 24 heavy (non-hydrogen) atoms. The fourth-order valence-corrected chi connectivity index (χ4v) is 3.14. The van der Waals surface area contributed by atoms with Gasteiger partial charge < -0.3 is 5.32 Å². The lowest BCUT2D eigenvalue weighted by molar-refractivity contribution is -0.130. The predicted molar refractivity (Wildman–Crippen MR) is 94.4 cm³/mol. The molecule has 0 aromatic heterocycles. The summed E-state index contributed by atoms with van der Waals surface area (Å²) >= 11 is 0. The molecule has 2 atom stereocenters. The van der Waals surface area contributed by atoms with Crippen LogP contribution in [0.4, 0.5) is 0 Å². The molecule has 5 nitrogen and oxygen atoms in total. The van der Waals surface area contributed by atoms with E-state index in [1.807, 2.05) is 30.3 Å². The van der Waals surface area contributed by atoms with Gasteiger partial charge in [-0.3, -0.25) is 14.8 Å². The van der Waals surface area contributed by atoms with Gasteiger partial charge in [0, 0.05) is 19.4 Å². The lowest BCUT2D eigenvalue weighted by Gasteiger charge is -2.21. The van der Waals surface area contributed by atoms with Crippen molar-refractivity contribution in [1.82, 2.24) is 10.8 Å². The van der Waals surface area contributed by atoms with E-state index in [0.29, 0.717) is 18.8 Å². The molecule has 0 radical (unpaired) electrons. The van der Waals surface area contributed by atoms with E-state index in [1.165, 1.54) is 0 Å². The summed E-state index contributed by atoms with van der Waals surface area (Å²) in [5, 5.41) is 11.5. The Bertz CT molecular complexity index is 503. The Kier molecular flexibility index (Phi) is 9.08. The fraction of sp³-hybridized carbons (Fsp3) is 0.579. The van der Waals surface area contributed by atoms with Gasteiger partial charge in [-0.25, -0.2) is 5.48 Å². The van der Waals surface area contributed by atoms with Crippen LogP contribution in [-0.2, 0) is 16.0 Å². The SMILES string of the molecule is CNC(=O)[C@@H](CC[C@@H](CC(=O)NO)CC(C)C)Cc1ccccc1. The van der Waals surface area contributed by atoms with Crippen molar-refractivity contribution in [2.75, 3.05) is 7.05 Å². The average molecular weight is 334 g/mol. The van der Waals surface area contributed by atoms with Crippen LogP contribution in [0.3, 0.4) is 0 Å². The lowest BCUT2D eigenvalue weighted by Crippen LogP contribution is -2.30. The highest BCUT2D eigenvalue weighted by Crippen LogP contribution is 2.25. The van der Waals surface area contributed by atoms with E-state index in [4.69, 9.17) is 5.21 Å². The van der Waals surface area contributed by atoms with Crippen molar-refractivity contribution in [2.24, 2.45) is 17.8 Å². The number of hydrogen-bond donors (Lipinski definition) is 3. The van der Waals surface area contributed by atoms with Crippen molar-refractivity contribution >= 4 is 11.8 Å². The standard InChI is InChI=1S/C19H30N2O3/c1-14(2)11-16(13-18(22)21-24)9-10-17(19(23)20-3)12-15-7-5-4-6-8-15/h4-8,14,16-17,24H,9-13H2,1-3H3,(H,20,23)(H,21,22)/t16-,17+/m1/s1. The first-order valence-electron chi connectivity index (χ1n) is 8.64. The second-order valence-corrected chi connectivity index (χ2v) is 6.81. The summed E-state index contributed by atoms with van der Waals surface area (Å²) in [5.41, 5.74) is 2.85. The number of nitrogens with one attached hydrogen (secondary N) is 2. The average Bonchev–Trinajstić information content (AvgIpc) is 2.57. The van der Waals surface area contributed by atoms with Gasteiger partial charge >= 0.3 is 0 Å². The maximum Gasteiger partial charge on any atom is 0.243 e. The molecule has 3 N–H and O–H groups in total. The number of benzene rings is 1. The molecule has 0 unspecified atom stereocenters. The molecule has 5 heteroatoms. The number of rotatable bonds is 10. The molecular formula is C19H30N2O3. The second kappa shape index (κ2) is 10.8. The number of hydrogen-bond acceptors (Lipinski definition) is 3. The van der Waals surface area contributed by atoms with E-state index < -0.39 is 0 Å². The Balaban J connectivity index is 2.69. The number of amides is 2. The van der Waals surface area contributed by atoms with Gasteiger partial charge in [-0.1, -0.05) is 44.2 Å². The van der Waals surface area contributed by atoms with E-state index in [0.717, 1.165) is 24.8 Å². The normalized spacial score (nSPS) is 13.4.